The van der Waals surface area contributed by atoms with Gasteiger partial charge in [0.25, 0.3) is 0 Å². The zero-order valence-electron chi connectivity index (χ0n) is 15.5. The minimum Gasteiger partial charge on any atom is -0.354 e. The molecule has 7 nitrogen and oxygen atoms in total. The highest BCUT2D eigenvalue weighted by Crippen LogP contribution is 2.25. The molecule has 0 bridgehead atoms. The molecule has 8 heteroatoms. The van der Waals surface area contributed by atoms with Gasteiger partial charge in [0.15, 0.2) is 11.6 Å². The molecule has 1 aromatic carbocycles. The molecule has 1 unspecified atom stereocenters. The standard InChI is InChI=1S/C20H21ClN6O/c1-14-5-6-16(21)12-17(14)23-20(28)15-4-2-10-26(13-15)18-7-8-19(25-24-18)27-11-3-9-22-27/h3,5-9,11-12,15H,2,4,10,13H2,1H3,(H,23,28). The second kappa shape index (κ2) is 7.98. The second-order valence-electron chi connectivity index (χ2n) is 6.93. The number of hydrogen-bond acceptors (Lipinski definition) is 5. The summed E-state index contributed by atoms with van der Waals surface area (Å²) in [5.74, 6) is 1.33. The van der Waals surface area contributed by atoms with E-state index < -0.39 is 0 Å². The Labute approximate surface area is 168 Å². The zero-order chi connectivity index (χ0) is 19.5. The molecule has 1 atom stereocenters. The average Bonchev–Trinajstić information content (AvgIpc) is 3.26. The number of rotatable bonds is 4. The molecule has 1 saturated heterocycles. The number of aromatic nitrogens is 4. The normalized spacial score (nSPS) is 16.8. The number of nitrogens with one attached hydrogen (secondary N) is 1. The van der Waals surface area contributed by atoms with Crippen LogP contribution in [0.2, 0.25) is 5.02 Å². The van der Waals surface area contributed by atoms with Gasteiger partial charge in [-0.05, 0) is 55.7 Å². The predicted octanol–water partition coefficient (Wildman–Crippen LogP) is 3.48. The molecule has 144 valence electrons. The topological polar surface area (TPSA) is 75.9 Å². The summed E-state index contributed by atoms with van der Waals surface area (Å²) in [4.78, 5) is 14.9. The Morgan fingerprint density at radius 2 is 2.04 bits per heavy atom. The number of anilines is 2. The van der Waals surface area contributed by atoms with Crippen LogP contribution in [0.1, 0.15) is 18.4 Å². The number of halogens is 1. The monoisotopic (exact) mass is 396 g/mol. The van der Waals surface area contributed by atoms with E-state index in [2.05, 4.69) is 25.5 Å². The van der Waals surface area contributed by atoms with Crippen molar-refractivity contribution in [3.8, 4) is 5.82 Å². The molecule has 3 aromatic rings. The number of piperidine rings is 1. The lowest BCUT2D eigenvalue weighted by Crippen LogP contribution is -2.41. The molecule has 1 fully saturated rings. The zero-order valence-corrected chi connectivity index (χ0v) is 16.3. The van der Waals surface area contributed by atoms with Gasteiger partial charge in [-0.2, -0.15) is 5.10 Å². The maximum absolute atomic E-state index is 12.8. The van der Waals surface area contributed by atoms with E-state index in [4.69, 9.17) is 11.6 Å². The Morgan fingerprint density at radius 1 is 1.21 bits per heavy atom. The largest absolute Gasteiger partial charge is 0.354 e. The average molecular weight is 397 g/mol. The number of amides is 1. The predicted molar refractivity (Wildman–Crippen MR) is 109 cm³/mol. The van der Waals surface area contributed by atoms with Crippen molar-refractivity contribution in [3.05, 3.63) is 59.4 Å². The molecule has 1 aliphatic rings. The third-order valence-corrected chi connectivity index (χ3v) is 5.18. The summed E-state index contributed by atoms with van der Waals surface area (Å²) in [5.41, 5.74) is 1.75. The van der Waals surface area contributed by atoms with E-state index in [1.54, 1.807) is 16.9 Å². The Bertz CT molecular complexity index is 957. The molecule has 1 N–H and O–H groups in total. The van der Waals surface area contributed by atoms with Crippen LogP contribution in [0.25, 0.3) is 5.82 Å². The Balaban J connectivity index is 1.44. The molecule has 3 heterocycles. The third-order valence-electron chi connectivity index (χ3n) is 4.95. The summed E-state index contributed by atoms with van der Waals surface area (Å²) in [7, 11) is 0. The van der Waals surface area contributed by atoms with E-state index in [0.717, 1.165) is 36.5 Å². The van der Waals surface area contributed by atoms with Gasteiger partial charge in [0, 0.05) is 36.2 Å². The molecular weight excluding hydrogens is 376 g/mol. The summed E-state index contributed by atoms with van der Waals surface area (Å²) >= 11 is 6.06. The quantitative estimate of drug-likeness (QED) is 0.730. The summed E-state index contributed by atoms with van der Waals surface area (Å²) in [6.45, 7) is 3.42. The summed E-state index contributed by atoms with van der Waals surface area (Å²) in [5, 5.41) is 16.4. The highest BCUT2D eigenvalue weighted by Gasteiger charge is 2.27. The first kappa shape index (κ1) is 18.4. The maximum atomic E-state index is 12.8. The van der Waals surface area contributed by atoms with E-state index in [9.17, 15) is 4.79 Å². The number of aryl methyl sites for hydroxylation is 1. The van der Waals surface area contributed by atoms with E-state index in [1.165, 1.54) is 0 Å². The number of carbonyl (C=O) groups excluding carboxylic acids is 1. The minimum absolute atomic E-state index is 0.0104. The molecule has 4 rings (SSSR count). The van der Waals surface area contributed by atoms with Crippen molar-refractivity contribution in [2.45, 2.75) is 19.8 Å². The van der Waals surface area contributed by atoms with Gasteiger partial charge in [-0.25, -0.2) is 4.68 Å². The highest BCUT2D eigenvalue weighted by molar-refractivity contribution is 6.31. The molecule has 28 heavy (non-hydrogen) atoms. The van der Waals surface area contributed by atoms with E-state index in [-0.39, 0.29) is 11.8 Å². The summed E-state index contributed by atoms with van der Waals surface area (Å²) in [6, 6.07) is 11.2. The van der Waals surface area contributed by atoms with Crippen LogP contribution in [-0.2, 0) is 4.79 Å². The number of carbonyl (C=O) groups is 1. The van der Waals surface area contributed by atoms with Crippen molar-refractivity contribution in [2.24, 2.45) is 5.92 Å². The van der Waals surface area contributed by atoms with Gasteiger partial charge < -0.3 is 10.2 Å². The lowest BCUT2D eigenvalue weighted by molar-refractivity contribution is -0.120. The summed E-state index contributed by atoms with van der Waals surface area (Å²) in [6.07, 6.45) is 5.30. The molecular formula is C20H21ClN6O. The Morgan fingerprint density at radius 3 is 2.79 bits per heavy atom. The number of nitrogens with zero attached hydrogens (tertiary/aromatic N) is 5. The van der Waals surface area contributed by atoms with Gasteiger partial charge >= 0.3 is 0 Å². The van der Waals surface area contributed by atoms with Crippen LogP contribution in [0, 0.1) is 12.8 Å². The minimum atomic E-state index is -0.111. The van der Waals surface area contributed by atoms with Crippen molar-refractivity contribution >= 4 is 29.0 Å². The van der Waals surface area contributed by atoms with Gasteiger partial charge in [0.05, 0.1) is 5.92 Å². The van der Waals surface area contributed by atoms with Crippen LogP contribution in [0.4, 0.5) is 11.5 Å². The first-order valence-electron chi connectivity index (χ1n) is 9.26. The lowest BCUT2D eigenvalue weighted by atomic mass is 9.97. The van der Waals surface area contributed by atoms with Gasteiger partial charge in [-0.1, -0.05) is 17.7 Å². The molecule has 0 aliphatic carbocycles. The Hall–Kier alpha value is -2.93. The fourth-order valence-electron chi connectivity index (χ4n) is 3.38. The first-order valence-corrected chi connectivity index (χ1v) is 9.63. The van der Waals surface area contributed by atoms with Crippen LogP contribution in [0.3, 0.4) is 0 Å². The van der Waals surface area contributed by atoms with Crippen LogP contribution >= 0.6 is 11.6 Å². The van der Waals surface area contributed by atoms with Crippen molar-refractivity contribution in [1.82, 2.24) is 20.0 Å². The van der Waals surface area contributed by atoms with Gasteiger partial charge in [-0.15, -0.1) is 10.2 Å². The second-order valence-corrected chi connectivity index (χ2v) is 7.37. The smallest absolute Gasteiger partial charge is 0.229 e. The molecule has 0 saturated carbocycles. The molecule has 0 radical (unpaired) electrons. The van der Waals surface area contributed by atoms with Gasteiger partial charge in [0.2, 0.25) is 5.91 Å². The third kappa shape index (κ3) is 3.99. The summed E-state index contributed by atoms with van der Waals surface area (Å²) < 4.78 is 1.66. The number of benzene rings is 1. The molecule has 1 aliphatic heterocycles. The van der Waals surface area contributed by atoms with Crippen LogP contribution in [-0.4, -0.2) is 39.0 Å². The Kier molecular flexibility index (Phi) is 5.25. The highest BCUT2D eigenvalue weighted by atomic mass is 35.5. The molecule has 2 aromatic heterocycles. The fourth-order valence-corrected chi connectivity index (χ4v) is 3.55. The van der Waals surface area contributed by atoms with Crippen LogP contribution < -0.4 is 10.2 Å². The number of hydrogen-bond donors (Lipinski definition) is 1. The first-order chi connectivity index (χ1) is 13.6. The van der Waals surface area contributed by atoms with Crippen molar-refractivity contribution < 1.29 is 4.79 Å². The fraction of sp³-hybridized carbons (Fsp3) is 0.300. The van der Waals surface area contributed by atoms with Gasteiger partial charge in [-0.3, -0.25) is 4.79 Å². The van der Waals surface area contributed by atoms with E-state index in [1.807, 2.05) is 43.5 Å². The lowest BCUT2D eigenvalue weighted by Gasteiger charge is -2.32. The molecule has 0 spiro atoms. The van der Waals surface area contributed by atoms with Crippen molar-refractivity contribution in [2.75, 3.05) is 23.3 Å². The maximum Gasteiger partial charge on any atom is 0.229 e. The van der Waals surface area contributed by atoms with E-state index in [0.29, 0.717) is 17.4 Å². The van der Waals surface area contributed by atoms with Crippen molar-refractivity contribution in [3.63, 3.8) is 0 Å². The SMILES string of the molecule is Cc1ccc(Cl)cc1NC(=O)C1CCCN(c2ccc(-n3cccn3)nn2)C1. The molecule has 1 amide bonds. The van der Waals surface area contributed by atoms with E-state index >= 15 is 0 Å². The van der Waals surface area contributed by atoms with Crippen molar-refractivity contribution in [1.29, 1.82) is 0 Å². The van der Waals surface area contributed by atoms with Gasteiger partial charge in [0.1, 0.15) is 0 Å². The van der Waals surface area contributed by atoms with Crippen LogP contribution in [0.5, 0.6) is 0 Å². The van der Waals surface area contributed by atoms with Crippen LogP contribution in [0.15, 0.2) is 48.8 Å².